The Kier molecular flexibility index (Phi) is 4.54. The molecular formula is C17H21N. The largest absolute Gasteiger partial charge is 0.330 e. The van der Waals surface area contributed by atoms with E-state index in [4.69, 9.17) is 5.73 Å². The molecule has 0 heterocycles. The Hall–Kier alpha value is -1.60. The molecule has 2 rings (SSSR count). The maximum atomic E-state index is 5.91. The monoisotopic (exact) mass is 239 g/mol. The molecule has 0 radical (unpaired) electrons. The Balaban J connectivity index is 2.02. The topological polar surface area (TPSA) is 26.0 Å². The second kappa shape index (κ2) is 6.36. The van der Waals surface area contributed by atoms with E-state index in [1.165, 1.54) is 16.7 Å². The van der Waals surface area contributed by atoms with Crippen LogP contribution >= 0.6 is 0 Å². The van der Waals surface area contributed by atoms with E-state index in [-0.39, 0.29) is 0 Å². The molecule has 1 unspecified atom stereocenters. The number of nitrogens with two attached hydrogens (primary N) is 1. The highest BCUT2D eigenvalue weighted by atomic mass is 14.5. The minimum Gasteiger partial charge on any atom is -0.330 e. The Morgan fingerprint density at radius 1 is 0.944 bits per heavy atom. The molecule has 0 aliphatic carbocycles. The molecule has 1 atom stereocenters. The zero-order valence-corrected chi connectivity index (χ0v) is 11.0. The van der Waals surface area contributed by atoms with E-state index in [1.807, 2.05) is 0 Å². The summed E-state index contributed by atoms with van der Waals surface area (Å²) in [4.78, 5) is 0. The first-order valence-electron chi connectivity index (χ1n) is 6.61. The van der Waals surface area contributed by atoms with Crippen LogP contribution in [0, 0.1) is 6.92 Å². The van der Waals surface area contributed by atoms with Gasteiger partial charge in [0, 0.05) is 0 Å². The van der Waals surface area contributed by atoms with E-state index in [0.29, 0.717) is 5.92 Å². The third-order valence-electron chi connectivity index (χ3n) is 3.58. The molecule has 0 amide bonds. The molecule has 0 fully saturated rings. The summed E-state index contributed by atoms with van der Waals surface area (Å²) < 4.78 is 0. The lowest BCUT2D eigenvalue weighted by atomic mass is 9.91. The van der Waals surface area contributed by atoms with Crippen molar-refractivity contribution in [2.24, 2.45) is 5.73 Å². The van der Waals surface area contributed by atoms with Gasteiger partial charge in [0.1, 0.15) is 0 Å². The second-order valence-corrected chi connectivity index (χ2v) is 4.81. The number of hydrogen-bond donors (Lipinski definition) is 1. The number of benzene rings is 2. The number of rotatable bonds is 5. The van der Waals surface area contributed by atoms with Crippen LogP contribution in [-0.2, 0) is 6.42 Å². The van der Waals surface area contributed by atoms with Gasteiger partial charge in [-0.2, -0.15) is 0 Å². The van der Waals surface area contributed by atoms with Gasteiger partial charge in [-0.15, -0.1) is 0 Å². The highest BCUT2D eigenvalue weighted by Gasteiger charge is 2.09. The minimum absolute atomic E-state index is 0.464. The highest BCUT2D eigenvalue weighted by molar-refractivity contribution is 5.26. The zero-order valence-electron chi connectivity index (χ0n) is 11.0. The fraction of sp³-hybridized carbons (Fsp3) is 0.294. The van der Waals surface area contributed by atoms with Crippen molar-refractivity contribution < 1.29 is 0 Å². The molecule has 0 saturated carbocycles. The second-order valence-electron chi connectivity index (χ2n) is 4.81. The number of aryl methyl sites for hydroxylation is 2. The van der Waals surface area contributed by atoms with Gasteiger partial charge in [0.05, 0.1) is 0 Å². The summed E-state index contributed by atoms with van der Waals surface area (Å²) in [6, 6.07) is 19.2. The first-order chi connectivity index (χ1) is 8.81. The third kappa shape index (κ3) is 3.21. The van der Waals surface area contributed by atoms with Crippen LogP contribution in [0.3, 0.4) is 0 Å². The first kappa shape index (κ1) is 12.8. The van der Waals surface area contributed by atoms with E-state index in [2.05, 4.69) is 61.5 Å². The summed E-state index contributed by atoms with van der Waals surface area (Å²) in [5, 5.41) is 0. The molecule has 2 aromatic carbocycles. The molecule has 2 N–H and O–H groups in total. The van der Waals surface area contributed by atoms with Crippen LogP contribution in [0.15, 0.2) is 54.6 Å². The van der Waals surface area contributed by atoms with Gasteiger partial charge >= 0.3 is 0 Å². The molecule has 0 aliphatic heterocycles. The summed E-state index contributed by atoms with van der Waals surface area (Å²) in [6.07, 6.45) is 2.22. The van der Waals surface area contributed by atoms with Crippen molar-refractivity contribution in [3.63, 3.8) is 0 Å². The number of hydrogen-bond acceptors (Lipinski definition) is 1. The van der Waals surface area contributed by atoms with Gasteiger partial charge in [-0.05, 0) is 48.9 Å². The van der Waals surface area contributed by atoms with Crippen LogP contribution in [0.1, 0.15) is 29.0 Å². The lowest BCUT2D eigenvalue weighted by Gasteiger charge is -2.15. The van der Waals surface area contributed by atoms with Gasteiger partial charge in [-0.3, -0.25) is 0 Å². The molecule has 94 valence electrons. The Morgan fingerprint density at radius 2 is 1.61 bits per heavy atom. The first-order valence-corrected chi connectivity index (χ1v) is 6.61. The third-order valence-corrected chi connectivity index (χ3v) is 3.58. The zero-order chi connectivity index (χ0) is 12.8. The Morgan fingerprint density at radius 3 is 2.28 bits per heavy atom. The van der Waals surface area contributed by atoms with Crippen LogP contribution in [0.25, 0.3) is 0 Å². The fourth-order valence-electron chi connectivity index (χ4n) is 2.37. The summed E-state index contributed by atoms with van der Waals surface area (Å²) >= 11 is 0. The minimum atomic E-state index is 0.464. The summed E-state index contributed by atoms with van der Waals surface area (Å²) in [7, 11) is 0. The molecule has 0 spiro atoms. The molecule has 0 saturated heterocycles. The van der Waals surface area contributed by atoms with Gasteiger partial charge in [0.2, 0.25) is 0 Å². The molecule has 1 heteroatoms. The quantitative estimate of drug-likeness (QED) is 0.846. The maximum Gasteiger partial charge on any atom is -0.000812 e. The van der Waals surface area contributed by atoms with Crippen LogP contribution in [0.5, 0.6) is 0 Å². The van der Waals surface area contributed by atoms with E-state index in [0.717, 1.165) is 19.4 Å². The lowest BCUT2D eigenvalue weighted by Crippen LogP contribution is -2.13. The molecule has 18 heavy (non-hydrogen) atoms. The van der Waals surface area contributed by atoms with E-state index >= 15 is 0 Å². The van der Waals surface area contributed by atoms with Crippen LogP contribution < -0.4 is 5.73 Å². The Bertz CT molecular complexity index is 476. The van der Waals surface area contributed by atoms with Crippen LogP contribution in [0.2, 0.25) is 0 Å². The normalized spacial score (nSPS) is 12.3. The molecule has 1 nitrogen and oxygen atoms in total. The van der Waals surface area contributed by atoms with Crippen molar-refractivity contribution in [3.8, 4) is 0 Å². The van der Waals surface area contributed by atoms with Gasteiger partial charge in [0.15, 0.2) is 0 Å². The molecular weight excluding hydrogens is 218 g/mol. The smallest absolute Gasteiger partial charge is 0.000812 e. The van der Waals surface area contributed by atoms with E-state index in [1.54, 1.807) is 0 Å². The lowest BCUT2D eigenvalue weighted by molar-refractivity contribution is 0.632. The summed E-state index contributed by atoms with van der Waals surface area (Å²) in [6.45, 7) is 2.89. The van der Waals surface area contributed by atoms with Gasteiger partial charge in [0.25, 0.3) is 0 Å². The average molecular weight is 239 g/mol. The fourth-order valence-corrected chi connectivity index (χ4v) is 2.37. The van der Waals surface area contributed by atoms with Crippen molar-refractivity contribution >= 4 is 0 Å². The van der Waals surface area contributed by atoms with Crippen molar-refractivity contribution in [2.45, 2.75) is 25.7 Å². The van der Waals surface area contributed by atoms with Gasteiger partial charge in [-0.25, -0.2) is 0 Å². The van der Waals surface area contributed by atoms with E-state index in [9.17, 15) is 0 Å². The summed E-state index contributed by atoms with van der Waals surface area (Å²) in [5.74, 6) is 0.464. The average Bonchev–Trinajstić information content (AvgIpc) is 2.42. The van der Waals surface area contributed by atoms with E-state index < -0.39 is 0 Å². The van der Waals surface area contributed by atoms with Crippen LogP contribution in [-0.4, -0.2) is 6.54 Å². The van der Waals surface area contributed by atoms with Gasteiger partial charge in [-0.1, -0.05) is 54.6 Å². The van der Waals surface area contributed by atoms with Crippen molar-refractivity contribution in [1.82, 2.24) is 0 Å². The van der Waals surface area contributed by atoms with Crippen molar-refractivity contribution in [2.75, 3.05) is 6.54 Å². The summed E-state index contributed by atoms with van der Waals surface area (Å²) in [5.41, 5.74) is 10.1. The standard InChI is InChI=1S/C17H21N/c1-14-7-5-6-8-15(14)11-12-17(13-18)16-9-3-2-4-10-16/h2-10,17H,11-13,18H2,1H3. The maximum absolute atomic E-state index is 5.91. The Labute approximate surface area is 110 Å². The molecule has 2 aromatic rings. The predicted octanol–water partition coefficient (Wildman–Crippen LogP) is 3.67. The van der Waals surface area contributed by atoms with Crippen molar-refractivity contribution in [1.29, 1.82) is 0 Å². The SMILES string of the molecule is Cc1ccccc1CCC(CN)c1ccccc1. The molecule has 0 bridgehead atoms. The van der Waals surface area contributed by atoms with Gasteiger partial charge < -0.3 is 5.73 Å². The predicted molar refractivity (Wildman–Crippen MR) is 77.7 cm³/mol. The molecule has 0 aromatic heterocycles. The van der Waals surface area contributed by atoms with Crippen molar-refractivity contribution in [3.05, 3.63) is 71.3 Å². The highest BCUT2D eigenvalue weighted by Crippen LogP contribution is 2.21. The van der Waals surface area contributed by atoms with Crippen LogP contribution in [0.4, 0.5) is 0 Å². The molecule has 0 aliphatic rings.